The van der Waals surface area contributed by atoms with E-state index in [-0.39, 0.29) is 11.6 Å². The minimum absolute atomic E-state index is 0.0915. The van der Waals surface area contributed by atoms with Crippen molar-refractivity contribution in [3.63, 3.8) is 0 Å². The first-order valence-corrected chi connectivity index (χ1v) is 9.94. The van der Waals surface area contributed by atoms with E-state index in [0.29, 0.717) is 31.7 Å². The van der Waals surface area contributed by atoms with Crippen LogP contribution >= 0.6 is 0 Å². The molecule has 7 heteroatoms. The number of rotatable bonds is 9. The average molecular weight is 407 g/mol. The third-order valence-electron chi connectivity index (χ3n) is 4.36. The Morgan fingerprint density at radius 2 is 1.87 bits per heavy atom. The van der Waals surface area contributed by atoms with Crippen LogP contribution in [0.15, 0.2) is 60.8 Å². The molecule has 1 aromatic heterocycles. The number of anilines is 1. The van der Waals surface area contributed by atoms with Crippen LogP contribution in [0.2, 0.25) is 0 Å². The van der Waals surface area contributed by atoms with Gasteiger partial charge in [-0.15, -0.1) is 0 Å². The van der Waals surface area contributed by atoms with Gasteiger partial charge >= 0.3 is 5.97 Å². The zero-order chi connectivity index (χ0) is 21.3. The number of carbonyl (C=O) groups excluding carboxylic acids is 2. The minimum Gasteiger partial charge on any atom is -0.494 e. The van der Waals surface area contributed by atoms with Crippen LogP contribution in [0.1, 0.15) is 36.3 Å². The normalized spacial score (nSPS) is 10.5. The van der Waals surface area contributed by atoms with Crippen LogP contribution in [0, 0.1) is 0 Å². The second-order valence-corrected chi connectivity index (χ2v) is 6.51. The summed E-state index contributed by atoms with van der Waals surface area (Å²) in [5.74, 6) is 0.255. The topological polar surface area (TPSA) is 82.5 Å². The number of amides is 1. The first kappa shape index (κ1) is 21.1. The van der Waals surface area contributed by atoms with E-state index in [1.807, 2.05) is 49.4 Å². The Kier molecular flexibility index (Phi) is 7.21. The average Bonchev–Trinajstić information content (AvgIpc) is 3.24. The summed E-state index contributed by atoms with van der Waals surface area (Å²) in [5, 5.41) is 7.15. The number of ether oxygens (including phenoxy) is 2. The van der Waals surface area contributed by atoms with Crippen LogP contribution in [0.5, 0.6) is 5.75 Å². The van der Waals surface area contributed by atoms with Gasteiger partial charge in [-0.1, -0.05) is 24.3 Å². The highest BCUT2D eigenvalue weighted by molar-refractivity contribution is 5.91. The molecule has 1 N–H and O–H groups in total. The van der Waals surface area contributed by atoms with Crippen molar-refractivity contribution in [2.24, 2.45) is 0 Å². The molecule has 30 heavy (non-hydrogen) atoms. The smallest absolute Gasteiger partial charge is 0.358 e. The van der Waals surface area contributed by atoms with E-state index in [4.69, 9.17) is 9.47 Å². The lowest BCUT2D eigenvalue weighted by molar-refractivity contribution is -0.116. The Morgan fingerprint density at radius 1 is 1.03 bits per heavy atom. The van der Waals surface area contributed by atoms with Gasteiger partial charge < -0.3 is 14.8 Å². The fraction of sp³-hybridized carbons (Fsp3) is 0.261. The molecule has 1 heterocycles. The number of hydrogen-bond acceptors (Lipinski definition) is 5. The highest BCUT2D eigenvalue weighted by Gasteiger charge is 2.12. The molecular formula is C23H25N3O4. The largest absolute Gasteiger partial charge is 0.494 e. The van der Waals surface area contributed by atoms with Crippen molar-refractivity contribution in [3.8, 4) is 11.4 Å². The molecule has 3 rings (SSSR count). The summed E-state index contributed by atoms with van der Waals surface area (Å²) in [7, 11) is 0. The van der Waals surface area contributed by atoms with Crippen molar-refractivity contribution in [1.82, 2.24) is 9.78 Å². The molecule has 0 saturated heterocycles. The number of esters is 1. The van der Waals surface area contributed by atoms with Crippen LogP contribution in [-0.2, 0) is 16.0 Å². The van der Waals surface area contributed by atoms with E-state index in [1.165, 1.54) is 0 Å². The maximum atomic E-state index is 12.4. The summed E-state index contributed by atoms with van der Waals surface area (Å²) in [6, 6.07) is 16.6. The third kappa shape index (κ3) is 5.47. The fourth-order valence-electron chi connectivity index (χ4n) is 2.99. The van der Waals surface area contributed by atoms with E-state index in [1.54, 1.807) is 29.9 Å². The molecule has 156 valence electrons. The maximum absolute atomic E-state index is 12.4. The number of nitrogens with zero attached hydrogens (tertiary/aromatic N) is 2. The van der Waals surface area contributed by atoms with E-state index in [9.17, 15) is 9.59 Å². The highest BCUT2D eigenvalue weighted by Crippen LogP contribution is 2.20. The Morgan fingerprint density at radius 3 is 2.67 bits per heavy atom. The molecule has 0 saturated carbocycles. The minimum atomic E-state index is -0.465. The summed E-state index contributed by atoms with van der Waals surface area (Å²) in [4.78, 5) is 24.2. The quantitative estimate of drug-likeness (QED) is 0.542. The van der Waals surface area contributed by atoms with Crippen molar-refractivity contribution >= 4 is 17.6 Å². The van der Waals surface area contributed by atoms with Crippen LogP contribution in [0.4, 0.5) is 5.69 Å². The maximum Gasteiger partial charge on any atom is 0.358 e. The van der Waals surface area contributed by atoms with Gasteiger partial charge in [0.1, 0.15) is 5.75 Å². The summed E-state index contributed by atoms with van der Waals surface area (Å²) >= 11 is 0. The lowest BCUT2D eigenvalue weighted by Crippen LogP contribution is -2.13. The number of para-hydroxylation sites is 1. The van der Waals surface area contributed by atoms with Crippen LogP contribution < -0.4 is 10.1 Å². The predicted octanol–water partition coefficient (Wildman–Crippen LogP) is 4.02. The molecular weight excluding hydrogens is 382 g/mol. The molecule has 0 fully saturated rings. The molecule has 0 aliphatic heterocycles. The molecule has 3 aromatic rings. The van der Waals surface area contributed by atoms with Gasteiger partial charge in [0.05, 0.1) is 18.9 Å². The molecule has 0 aliphatic rings. The summed E-state index contributed by atoms with van der Waals surface area (Å²) in [6.45, 7) is 4.56. The van der Waals surface area contributed by atoms with Gasteiger partial charge in [0.25, 0.3) is 0 Å². The first-order valence-electron chi connectivity index (χ1n) is 9.94. The predicted molar refractivity (Wildman–Crippen MR) is 114 cm³/mol. The number of nitrogens with one attached hydrogen (secondary N) is 1. The number of benzene rings is 2. The zero-order valence-electron chi connectivity index (χ0n) is 17.1. The van der Waals surface area contributed by atoms with Crippen molar-refractivity contribution < 1.29 is 19.1 Å². The highest BCUT2D eigenvalue weighted by atomic mass is 16.5. The molecule has 0 unspecified atom stereocenters. The Labute approximate surface area is 175 Å². The molecule has 2 aromatic carbocycles. The molecule has 0 radical (unpaired) electrons. The zero-order valence-corrected chi connectivity index (χ0v) is 17.1. The lowest BCUT2D eigenvalue weighted by atomic mass is 10.1. The van der Waals surface area contributed by atoms with Gasteiger partial charge in [-0.3, -0.25) is 4.79 Å². The van der Waals surface area contributed by atoms with E-state index in [0.717, 1.165) is 17.0 Å². The van der Waals surface area contributed by atoms with Crippen LogP contribution in [-0.4, -0.2) is 34.9 Å². The van der Waals surface area contributed by atoms with Crippen molar-refractivity contribution in [3.05, 3.63) is 72.1 Å². The van der Waals surface area contributed by atoms with E-state index in [2.05, 4.69) is 10.4 Å². The first-order chi connectivity index (χ1) is 14.6. The van der Waals surface area contributed by atoms with E-state index >= 15 is 0 Å². The van der Waals surface area contributed by atoms with Gasteiger partial charge in [0, 0.05) is 18.3 Å². The number of carbonyl (C=O) groups is 2. The van der Waals surface area contributed by atoms with Gasteiger partial charge in [0.15, 0.2) is 5.69 Å². The summed E-state index contributed by atoms with van der Waals surface area (Å²) in [6.07, 6.45) is 2.60. The lowest BCUT2D eigenvalue weighted by Gasteiger charge is -2.10. The van der Waals surface area contributed by atoms with E-state index < -0.39 is 5.97 Å². The van der Waals surface area contributed by atoms with Gasteiger partial charge in [-0.05, 0) is 56.2 Å². The van der Waals surface area contributed by atoms with Crippen molar-refractivity contribution in [2.75, 3.05) is 18.5 Å². The Balaban J connectivity index is 1.63. The molecule has 0 aliphatic carbocycles. The summed E-state index contributed by atoms with van der Waals surface area (Å²) < 4.78 is 12.1. The van der Waals surface area contributed by atoms with Crippen molar-refractivity contribution in [2.45, 2.75) is 26.7 Å². The monoisotopic (exact) mass is 407 g/mol. The number of hydrogen-bond donors (Lipinski definition) is 1. The van der Waals surface area contributed by atoms with Gasteiger partial charge in [0.2, 0.25) is 5.91 Å². The Bertz CT molecular complexity index is 1010. The second-order valence-electron chi connectivity index (χ2n) is 6.51. The van der Waals surface area contributed by atoms with Gasteiger partial charge in [-0.25, -0.2) is 9.48 Å². The Hall–Kier alpha value is -3.61. The second kappa shape index (κ2) is 10.2. The van der Waals surface area contributed by atoms with Crippen LogP contribution in [0.25, 0.3) is 5.69 Å². The van der Waals surface area contributed by atoms with Gasteiger partial charge in [-0.2, -0.15) is 5.10 Å². The number of aromatic nitrogens is 2. The number of aryl methyl sites for hydroxylation is 1. The fourth-order valence-corrected chi connectivity index (χ4v) is 2.99. The van der Waals surface area contributed by atoms with Crippen molar-refractivity contribution in [1.29, 1.82) is 0 Å². The molecule has 7 nitrogen and oxygen atoms in total. The standard InChI is InChI=1S/C23H25N3O4/c1-3-29-21-11-6-5-8-17(21)12-13-22(27)24-18-9-7-10-19(16-18)26-15-14-20(25-26)23(28)30-4-2/h5-11,14-16H,3-4,12-13H2,1-2H3,(H,24,27). The molecule has 1 amide bonds. The molecule has 0 spiro atoms. The molecule has 0 atom stereocenters. The molecule has 0 bridgehead atoms. The third-order valence-corrected chi connectivity index (χ3v) is 4.36. The SMILES string of the molecule is CCOC(=O)c1ccn(-c2cccc(NC(=O)CCc3ccccc3OCC)c2)n1. The summed E-state index contributed by atoms with van der Waals surface area (Å²) in [5.41, 5.74) is 2.62. The van der Waals surface area contributed by atoms with Crippen LogP contribution in [0.3, 0.4) is 0 Å².